The van der Waals surface area contributed by atoms with Gasteiger partial charge in [0, 0.05) is 126 Å². The summed E-state index contributed by atoms with van der Waals surface area (Å²) in [5, 5.41) is 13.3. The molecule has 0 radical (unpaired) electrons. The molecule has 0 aromatic carbocycles. The summed E-state index contributed by atoms with van der Waals surface area (Å²) < 4.78 is 82.8. The summed E-state index contributed by atoms with van der Waals surface area (Å²) >= 11 is 3.57. The minimum Gasteiger partial charge on any atom is -0.466 e. The second-order valence-electron chi connectivity index (χ2n) is 22.6. The zero-order chi connectivity index (χ0) is 78.4. The minimum absolute atomic E-state index is 0.0341. The predicted octanol–water partition coefficient (Wildman–Crippen LogP) is 11.9. The maximum atomic E-state index is 12.7. The number of carbonyl (C=O) groups is 7. The average molecular weight is 1590 g/mol. The molecular weight excluding hydrogens is 1490 g/mol. The third kappa shape index (κ3) is 43.9. The topological polar surface area (TPSA) is 428 Å². The SMILES string of the molecule is CCOOOSCCc1c[nH]c(C=O)c1.CCOOOSCCc1c[nH]c(CCC(=O)OCC)c1.CCOOOSCCc1cc[nH]c1.CCOS(=O)(=O)CCc1c[nH]c(C(=O)OC)c1.CCOS(=O)(=O)CCc1c[nH]c(C(=O)[Si](C)(C)C(C)(C)C)c1.COC(=O)c1cc(C=O)c[nH]1.O=Cc1cc[nH]c1. The molecular formula is C67H101N7O25S5Si. The van der Waals surface area contributed by atoms with Crippen molar-refractivity contribution in [2.45, 2.75) is 125 Å². The van der Waals surface area contributed by atoms with E-state index in [1.54, 1.807) is 82.9 Å². The first kappa shape index (κ1) is 95.8. The molecule has 0 saturated carbocycles. The third-order valence-corrected chi connectivity index (χ3v) is 23.2. The number of carbonyl (C=O) groups excluding carboxylic acids is 7. The third-order valence-electron chi connectivity index (χ3n) is 13.9. The van der Waals surface area contributed by atoms with E-state index >= 15 is 0 Å². The van der Waals surface area contributed by atoms with Gasteiger partial charge in [-0.15, -0.1) is 13.0 Å². The van der Waals surface area contributed by atoms with Gasteiger partial charge in [0.05, 0.1) is 83.2 Å². The van der Waals surface area contributed by atoms with Crippen LogP contribution in [0.15, 0.2) is 98.2 Å². The van der Waals surface area contributed by atoms with E-state index in [2.05, 4.69) is 121 Å². The van der Waals surface area contributed by atoms with Crippen molar-refractivity contribution in [1.29, 1.82) is 0 Å². The van der Waals surface area contributed by atoms with E-state index in [1.807, 2.05) is 44.6 Å². The van der Waals surface area contributed by atoms with Crippen LogP contribution < -0.4 is 0 Å². The van der Waals surface area contributed by atoms with Crippen molar-refractivity contribution in [2.24, 2.45) is 0 Å². The number of hydrogen-bond donors (Lipinski definition) is 7. The van der Waals surface area contributed by atoms with E-state index in [1.165, 1.54) is 56.1 Å². The molecule has 0 bridgehead atoms. The number of aryl methyl sites for hydroxylation is 6. The number of aromatic amines is 7. The number of methoxy groups -OCH3 is 2. The molecule has 588 valence electrons. The summed E-state index contributed by atoms with van der Waals surface area (Å²) in [5.41, 5.74) is 8.92. The molecule has 0 unspecified atom stereocenters. The van der Waals surface area contributed by atoms with Gasteiger partial charge in [0.1, 0.15) is 19.5 Å². The van der Waals surface area contributed by atoms with E-state index in [-0.39, 0.29) is 53.2 Å². The lowest BCUT2D eigenvalue weighted by Crippen LogP contribution is -2.46. The van der Waals surface area contributed by atoms with Crippen LogP contribution in [0.2, 0.25) is 18.1 Å². The minimum atomic E-state index is -3.48. The normalized spacial score (nSPS) is 11.0. The molecule has 38 heteroatoms. The highest BCUT2D eigenvalue weighted by Gasteiger charge is 2.43. The van der Waals surface area contributed by atoms with Crippen molar-refractivity contribution in [3.05, 3.63) is 166 Å². The second kappa shape index (κ2) is 56.1. The second-order valence-corrected chi connectivity index (χ2v) is 33.6. The largest absolute Gasteiger partial charge is 0.466 e. The van der Waals surface area contributed by atoms with Gasteiger partial charge in [-0.25, -0.2) is 24.3 Å². The van der Waals surface area contributed by atoms with Crippen molar-refractivity contribution in [3.8, 4) is 0 Å². The van der Waals surface area contributed by atoms with Crippen molar-refractivity contribution >= 4 is 107 Å². The van der Waals surface area contributed by atoms with Crippen LogP contribution in [0.5, 0.6) is 0 Å². The Morgan fingerprint density at radius 1 is 0.476 bits per heavy atom. The van der Waals surface area contributed by atoms with Crippen LogP contribution in [0.1, 0.15) is 165 Å². The average Bonchev–Trinajstić information content (AvgIpc) is 1.78. The Morgan fingerprint density at radius 3 is 1.34 bits per heavy atom. The first-order chi connectivity index (χ1) is 50.1. The molecule has 7 aromatic heterocycles. The smallest absolute Gasteiger partial charge is 0.354 e. The Bertz CT molecular complexity index is 3700. The summed E-state index contributed by atoms with van der Waals surface area (Å²) in [6, 6.07) is 12.4. The lowest BCUT2D eigenvalue weighted by atomic mass is 10.2. The van der Waals surface area contributed by atoms with Crippen LogP contribution in [0.4, 0.5) is 0 Å². The molecule has 0 saturated heterocycles. The van der Waals surface area contributed by atoms with Gasteiger partial charge in [-0.2, -0.15) is 16.8 Å². The zero-order valence-electron chi connectivity index (χ0n) is 61.4. The number of aromatic nitrogens is 7. The van der Waals surface area contributed by atoms with Gasteiger partial charge >= 0.3 is 17.9 Å². The van der Waals surface area contributed by atoms with Crippen molar-refractivity contribution in [1.82, 2.24) is 34.9 Å². The summed E-state index contributed by atoms with van der Waals surface area (Å²) in [7, 11) is -6.52. The molecule has 105 heavy (non-hydrogen) atoms. The maximum Gasteiger partial charge on any atom is 0.354 e. The fourth-order valence-electron chi connectivity index (χ4n) is 7.56. The molecule has 7 heterocycles. The Hall–Kier alpha value is -7.22. The zero-order valence-corrected chi connectivity index (χ0v) is 66.5. The summed E-state index contributed by atoms with van der Waals surface area (Å²) in [6.45, 7) is 23.0. The molecule has 32 nitrogen and oxygen atoms in total. The molecule has 0 aliphatic rings. The summed E-state index contributed by atoms with van der Waals surface area (Å²) in [4.78, 5) is 110. The number of hydrogen-bond acceptors (Lipinski definition) is 28. The first-order valence-corrected chi connectivity index (χ1v) is 41.8. The number of ether oxygens (including phenoxy) is 3. The van der Waals surface area contributed by atoms with Crippen molar-refractivity contribution in [3.63, 3.8) is 0 Å². The highest BCUT2D eigenvalue weighted by Crippen LogP contribution is 2.38. The lowest BCUT2D eigenvalue weighted by Gasteiger charge is -2.34. The molecule has 0 amide bonds. The van der Waals surface area contributed by atoms with Crippen LogP contribution in [0.25, 0.3) is 0 Å². The Balaban J connectivity index is 0.000000625. The van der Waals surface area contributed by atoms with Crippen LogP contribution in [0, 0.1) is 0 Å². The number of esters is 3. The first-order valence-electron chi connectivity index (χ1n) is 33.0. The van der Waals surface area contributed by atoms with E-state index in [9.17, 15) is 50.4 Å². The lowest BCUT2D eigenvalue weighted by molar-refractivity contribution is -0.458. The fraction of sp³-hybridized carbons (Fsp3) is 0.478. The molecule has 0 fully saturated rings. The van der Waals surface area contributed by atoms with Crippen molar-refractivity contribution < 1.29 is 116 Å². The van der Waals surface area contributed by atoms with E-state index in [0.717, 1.165) is 83.5 Å². The van der Waals surface area contributed by atoms with Gasteiger partial charge in [0.25, 0.3) is 20.2 Å². The quantitative estimate of drug-likeness (QED) is 0.00215. The molecule has 7 aromatic rings. The Morgan fingerprint density at radius 2 is 0.924 bits per heavy atom. The predicted molar refractivity (Wildman–Crippen MR) is 399 cm³/mol. The highest BCUT2D eigenvalue weighted by atomic mass is 32.2. The van der Waals surface area contributed by atoms with Gasteiger partial charge < -0.3 is 49.1 Å². The maximum absolute atomic E-state index is 12.7. The van der Waals surface area contributed by atoms with Gasteiger partial charge in [-0.05, 0) is 155 Å². The molecule has 0 aliphatic heterocycles. The standard InChI is InChI=1S/C15H27NO4SSi.C13H21NO5S.C10H15NO5S.C9H13NO4S.C8H13NO3S.C7H7NO3.C5H5NO/c1-7-20-21(18,19)9-8-12-10-13(16-11-12)14(17)22(5,6)15(2,3)4;1-3-16-13(15)6-5-12-9-11(10-14-12)7-8-20-19-18-17-4-2;1-3-16-17(13,14)5-4-8-6-9(11-7-8)10(12)15-2;1-2-12-13-14-15-4-3-8-5-9(7-11)10-6-8;1-2-10-11-12-13-6-4-8-3-5-9-7-8;1-11-7(10)6-2-5(4-9)3-8-6;7-4-5-1-2-6-3-5/h10-11,16H,7-9H2,1-6H3;9-10,14H,3-8H2,1-2H3;6-7,11H,3-5H2,1-2H3;5-7,10H,2-4H2,1H3;3,5,7,9H,2,4,6H2,1H3;2-4,8H,1H3;1-4,6H. The van der Waals surface area contributed by atoms with Crippen LogP contribution in [-0.2, 0) is 129 Å². The van der Waals surface area contributed by atoms with Crippen molar-refractivity contribution in [2.75, 3.05) is 82.6 Å². The Labute approximate surface area is 627 Å². The summed E-state index contributed by atoms with van der Waals surface area (Å²) in [5.74, 6) is 1.00. The molecule has 0 spiro atoms. The highest BCUT2D eigenvalue weighted by molar-refractivity contribution is 7.94. The van der Waals surface area contributed by atoms with Gasteiger partial charge in [-0.1, -0.05) is 49.0 Å². The van der Waals surface area contributed by atoms with Gasteiger partial charge in [0.2, 0.25) is 0 Å². The van der Waals surface area contributed by atoms with Crippen LogP contribution in [-0.4, -0.2) is 185 Å². The number of aldehydes is 3. The number of nitrogens with one attached hydrogen (secondary N) is 7. The molecule has 0 atom stereocenters. The summed E-state index contributed by atoms with van der Waals surface area (Å²) in [6.07, 6.45) is 22.2. The van der Waals surface area contributed by atoms with Crippen LogP contribution in [0.3, 0.4) is 0 Å². The Kier molecular flexibility index (Phi) is 51.2. The van der Waals surface area contributed by atoms with Gasteiger partial charge in [-0.3, -0.25) is 32.3 Å². The van der Waals surface area contributed by atoms with E-state index in [0.29, 0.717) is 85.7 Å². The molecule has 7 N–H and O–H groups in total. The van der Waals surface area contributed by atoms with Gasteiger partial charge in [0.15, 0.2) is 24.3 Å². The number of H-pyrrole nitrogens is 7. The number of rotatable bonds is 42. The fourth-order valence-corrected chi connectivity index (χ4v) is 12.4. The molecule has 7 rings (SSSR count). The monoisotopic (exact) mass is 1590 g/mol. The van der Waals surface area contributed by atoms with E-state index < -0.39 is 40.2 Å². The molecule has 0 aliphatic carbocycles. The van der Waals surface area contributed by atoms with E-state index in [4.69, 9.17) is 13.3 Å². The van der Waals surface area contributed by atoms with Crippen LogP contribution >= 0.6 is 36.1 Å².